The van der Waals surface area contributed by atoms with Gasteiger partial charge in [-0.25, -0.2) is 13.4 Å². The largest absolute Gasteiger partial charge is 0.454 e. The van der Waals surface area contributed by atoms with Crippen LogP contribution < -0.4 is 15.0 Å². The third-order valence-corrected chi connectivity index (χ3v) is 5.04. The van der Waals surface area contributed by atoms with Gasteiger partial charge in [0.15, 0.2) is 21.3 Å². The van der Waals surface area contributed by atoms with Gasteiger partial charge in [-0.3, -0.25) is 4.79 Å². The van der Waals surface area contributed by atoms with Crippen molar-refractivity contribution in [2.75, 3.05) is 12.5 Å². The van der Waals surface area contributed by atoms with E-state index in [4.69, 9.17) is 9.47 Å². The van der Waals surface area contributed by atoms with Crippen molar-refractivity contribution in [2.45, 2.75) is 25.5 Å². The zero-order valence-electron chi connectivity index (χ0n) is 12.1. The van der Waals surface area contributed by atoms with E-state index in [2.05, 4.69) is 9.97 Å². The van der Waals surface area contributed by atoms with Gasteiger partial charge < -0.3 is 14.5 Å². The molecule has 1 aliphatic heterocycles. The first kappa shape index (κ1) is 14.8. The number of rotatable bonds is 5. The number of unbranched alkanes of at least 4 members (excludes halogenated alkanes) is 1. The van der Waals surface area contributed by atoms with Crippen molar-refractivity contribution >= 4 is 20.7 Å². The molecule has 0 atom stereocenters. The maximum Gasteiger partial charge on any atom is 0.258 e. The van der Waals surface area contributed by atoms with Gasteiger partial charge >= 0.3 is 0 Å². The molecule has 0 fully saturated rings. The van der Waals surface area contributed by atoms with Gasteiger partial charge in [-0.05, 0) is 12.5 Å². The number of H-pyrrole nitrogens is 1. The molecule has 0 aliphatic carbocycles. The molecule has 0 saturated carbocycles. The summed E-state index contributed by atoms with van der Waals surface area (Å²) >= 11 is 0. The summed E-state index contributed by atoms with van der Waals surface area (Å²) in [6.07, 6.45) is 1.39. The molecule has 8 heteroatoms. The van der Waals surface area contributed by atoms with E-state index in [0.717, 1.165) is 6.42 Å². The molecule has 2 aromatic rings. The summed E-state index contributed by atoms with van der Waals surface area (Å²) in [5.74, 6) is 0.958. The Bertz CT molecular complexity index is 873. The van der Waals surface area contributed by atoms with Gasteiger partial charge in [-0.2, -0.15) is 0 Å². The van der Waals surface area contributed by atoms with Crippen LogP contribution in [0.25, 0.3) is 10.9 Å². The van der Waals surface area contributed by atoms with Gasteiger partial charge in [0.25, 0.3) is 5.56 Å². The second-order valence-electron chi connectivity index (χ2n) is 5.18. The van der Waals surface area contributed by atoms with E-state index in [9.17, 15) is 13.2 Å². The normalized spacial score (nSPS) is 13.7. The molecule has 22 heavy (non-hydrogen) atoms. The highest BCUT2D eigenvalue weighted by molar-refractivity contribution is 7.90. The Morgan fingerprint density at radius 3 is 2.73 bits per heavy atom. The van der Waals surface area contributed by atoms with Crippen LogP contribution in [0.3, 0.4) is 0 Å². The molecular weight excluding hydrogens is 308 g/mol. The quantitative estimate of drug-likeness (QED) is 0.892. The molecule has 0 spiro atoms. The number of aromatic amines is 1. The summed E-state index contributed by atoms with van der Waals surface area (Å²) in [6.45, 7) is 2.02. The van der Waals surface area contributed by atoms with Gasteiger partial charge in [0, 0.05) is 6.07 Å². The predicted molar refractivity (Wildman–Crippen MR) is 80.9 cm³/mol. The Hall–Kier alpha value is -2.09. The molecule has 0 bridgehead atoms. The number of sulfone groups is 1. The van der Waals surface area contributed by atoms with Crippen molar-refractivity contribution in [3.8, 4) is 11.5 Å². The van der Waals surface area contributed by atoms with E-state index in [1.165, 1.54) is 0 Å². The fraction of sp³-hybridized carbons (Fsp3) is 0.429. The van der Waals surface area contributed by atoms with Gasteiger partial charge in [0.1, 0.15) is 11.6 Å². The van der Waals surface area contributed by atoms with Gasteiger partial charge in [0.05, 0.1) is 16.7 Å². The number of ether oxygens (including phenoxy) is 2. The lowest BCUT2D eigenvalue weighted by Gasteiger charge is -2.05. The average molecular weight is 324 g/mol. The van der Waals surface area contributed by atoms with E-state index in [1.54, 1.807) is 12.1 Å². The molecule has 3 rings (SSSR count). The number of nitrogens with zero attached hydrogens (tertiary/aromatic N) is 1. The second-order valence-corrected chi connectivity index (χ2v) is 7.36. The minimum atomic E-state index is -3.28. The van der Waals surface area contributed by atoms with Crippen molar-refractivity contribution in [3.63, 3.8) is 0 Å². The number of hydrogen-bond donors (Lipinski definition) is 1. The van der Waals surface area contributed by atoms with Gasteiger partial charge in [-0.1, -0.05) is 13.3 Å². The van der Waals surface area contributed by atoms with E-state index >= 15 is 0 Å². The molecule has 0 unspecified atom stereocenters. The molecular formula is C14H16N2O5S. The molecule has 0 radical (unpaired) electrons. The highest BCUT2D eigenvalue weighted by Crippen LogP contribution is 2.34. The molecule has 1 aromatic carbocycles. The highest BCUT2D eigenvalue weighted by Gasteiger charge is 2.18. The molecule has 2 heterocycles. The Labute approximate surface area is 127 Å². The standard InChI is InChI=1S/C14H16N2O5S/c1-2-3-4-22(18,19)7-13-15-10-6-12-11(20-8-21-12)5-9(10)14(17)16-13/h5-6H,2-4,7-8H2,1H3,(H,15,16,17). The maximum atomic E-state index is 12.1. The fourth-order valence-corrected chi connectivity index (χ4v) is 3.72. The van der Waals surface area contributed by atoms with Crippen molar-refractivity contribution in [1.82, 2.24) is 9.97 Å². The Kier molecular flexibility index (Phi) is 3.78. The average Bonchev–Trinajstić information content (AvgIpc) is 2.90. The highest BCUT2D eigenvalue weighted by atomic mass is 32.2. The third-order valence-electron chi connectivity index (χ3n) is 3.41. The summed E-state index contributed by atoms with van der Waals surface area (Å²) in [7, 11) is -3.28. The smallest absolute Gasteiger partial charge is 0.258 e. The first-order chi connectivity index (χ1) is 10.5. The Morgan fingerprint density at radius 1 is 1.27 bits per heavy atom. The number of hydrogen-bond acceptors (Lipinski definition) is 6. The monoisotopic (exact) mass is 324 g/mol. The van der Waals surface area contributed by atoms with Gasteiger partial charge in [0.2, 0.25) is 6.79 Å². The van der Waals surface area contributed by atoms with Crippen LogP contribution in [0.4, 0.5) is 0 Å². The lowest BCUT2D eigenvalue weighted by Crippen LogP contribution is -2.17. The van der Waals surface area contributed by atoms with Crippen LogP contribution in [-0.2, 0) is 15.6 Å². The van der Waals surface area contributed by atoms with Crippen LogP contribution in [0, 0.1) is 0 Å². The minimum absolute atomic E-state index is 0.0897. The lowest BCUT2D eigenvalue weighted by atomic mass is 10.2. The molecule has 1 aliphatic rings. The number of nitrogens with one attached hydrogen (secondary N) is 1. The summed E-state index contributed by atoms with van der Waals surface area (Å²) in [5, 5.41) is 0.346. The number of benzene rings is 1. The first-order valence-corrected chi connectivity index (χ1v) is 8.83. The second kappa shape index (κ2) is 5.60. The molecule has 1 N–H and O–H groups in total. The number of fused-ring (bicyclic) bond motifs is 2. The van der Waals surface area contributed by atoms with Crippen molar-refractivity contribution < 1.29 is 17.9 Å². The van der Waals surface area contributed by atoms with Crippen LogP contribution in [0.15, 0.2) is 16.9 Å². The maximum absolute atomic E-state index is 12.1. The molecule has 0 amide bonds. The van der Waals surface area contributed by atoms with Crippen molar-refractivity contribution in [1.29, 1.82) is 0 Å². The molecule has 7 nitrogen and oxygen atoms in total. The lowest BCUT2D eigenvalue weighted by molar-refractivity contribution is 0.174. The van der Waals surface area contributed by atoms with Crippen LogP contribution in [0.2, 0.25) is 0 Å². The first-order valence-electron chi connectivity index (χ1n) is 7.01. The van der Waals surface area contributed by atoms with E-state index in [1.807, 2.05) is 6.92 Å². The van der Waals surface area contributed by atoms with Crippen LogP contribution in [0.5, 0.6) is 11.5 Å². The van der Waals surface area contributed by atoms with Gasteiger partial charge in [-0.15, -0.1) is 0 Å². The van der Waals surface area contributed by atoms with Crippen molar-refractivity contribution in [2.24, 2.45) is 0 Å². The van der Waals surface area contributed by atoms with E-state index in [0.29, 0.717) is 28.8 Å². The summed E-state index contributed by atoms with van der Waals surface area (Å²) in [5.41, 5.74) is 0.0117. The van der Waals surface area contributed by atoms with E-state index in [-0.39, 0.29) is 29.7 Å². The zero-order valence-corrected chi connectivity index (χ0v) is 12.9. The summed E-state index contributed by atoms with van der Waals surface area (Å²) in [6, 6.07) is 3.15. The topological polar surface area (TPSA) is 98.3 Å². The Morgan fingerprint density at radius 2 is 2.00 bits per heavy atom. The summed E-state index contributed by atoms with van der Waals surface area (Å²) in [4.78, 5) is 18.9. The number of aromatic nitrogens is 2. The van der Waals surface area contributed by atoms with Crippen LogP contribution in [0.1, 0.15) is 25.6 Å². The summed E-state index contributed by atoms with van der Waals surface area (Å²) < 4.78 is 34.4. The van der Waals surface area contributed by atoms with Crippen molar-refractivity contribution in [3.05, 3.63) is 28.3 Å². The van der Waals surface area contributed by atoms with Crippen LogP contribution >= 0.6 is 0 Å². The van der Waals surface area contributed by atoms with Crippen LogP contribution in [-0.4, -0.2) is 30.9 Å². The predicted octanol–water partition coefficient (Wildman–Crippen LogP) is 1.37. The minimum Gasteiger partial charge on any atom is -0.454 e. The SMILES string of the molecule is CCCCS(=O)(=O)Cc1nc2cc3c(cc2c(=O)[nH]1)OCO3. The Balaban J connectivity index is 1.99. The molecule has 1 aromatic heterocycles. The van der Waals surface area contributed by atoms with E-state index < -0.39 is 9.84 Å². The molecule has 0 saturated heterocycles. The zero-order chi connectivity index (χ0) is 15.7. The fourth-order valence-electron chi connectivity index (χ4n) is 2.29. The third kappa shape index (κ3) is 2.92. The molecule has 118 valence electrons.